The first kappa shape index (κ1) is 40.4. The Labute approximate surface area is 305 Å². The normalized spacial score (nSPS) is 12.5. The molecule has 0 radical (unpaired) electrons. The third kappa shape index (κ3) is 10.1. The van der Waals surface area contributed by atoms with Crippen LogP contribution in [0, 0.1) is 0 Å². The fourth-order valence-electron chi connectivity index (χ4n) is 4.21. The zero-order valence-corrected chi connectivity index (χ0v) is 30.8. The summed E-state index contributed by atoms with van der Waals surface area (Å²) in [5.41, 5.74) is -0.494. The average Bonchev–Trinajstić information content (AvgIpc) is 2.98. The Morgan fingerprint density at radius 2 is 0.942 bits per heavy atom. The van der Waals surface area contributed by atoms with Gasteiger partial charge in [-0.3, -0.25) is 18.2 Å². The minimum absolute atomic E-state index is 0.0674. The highest BCUT2D eigenvalue weighted by Gasteiger charge is 2.24. The highest BCUT2D eigenvalue weighted by molar-refractivity contribution is 7.87. The molecule has 0 saturated heterocycles. The molecular formula is C24H24Cl2N10O12S4. The Bertz CT molecular complexity index is 2340. The molecule has 0 bridgehead atoms. The first-order chi connectivity index (χ1) is 24.0. The van der Waals surface area contributed by atoms with Crippen LogP contribution in [0.1, 0.15) is 25.0 Å². The van der Waals surface area contributed by atoms with Gasteiger partial charge in [-0.25, -0.2) is 8.61 Å². The average molecular weight is 844 g/mol. The van der Waals surface area contributed by atoms with E-state index >= 15 is 0 Å². The molecule has 0 amide bonds. The smallest absolute Gasteiger partial charge is 0.324 e. The van der Waals surface area contributed by atoms with Gasteiger partial charge in [0.25, 0.3) is 20.2 Å². The lowest BCUT2D eigenvalue weighted by Gasteiger charge is -2.17. The van der Waals surface area contributed by atoms with Gasteiger partial charge in [-0.2, -0.15) is 63.6 Å². The van der Waals surface area contributed by atoms with Crippen molar-refractivity contribution in [1.82, 2.24) is 29.9 Å². The van der Waals surface area contributed by atoms with Crippen molar-refractivity contribution in [3.05, 3.63) is 58.1 Å². The molecule has 2 aromatic heterocycles. The number of nitrogens with zero attached hydrogens (tertiary/aromatic N) is 8. The Balaban J connectivity index is 1.69. The zero-order valence-electron chi connectivity index (χ0n) is 26.1. The molecule has 4 aromatic rings. The number of rotatable bonds is 14. The summed E-state index contributed by atoms with van der Waals surface area (Å²) in [6.07, 6.45) is 2.19. The molecule has 0 unspecified atom stereocenters. The number of hydrogen-bond donors (Lipinski definition) is 6. The lowest BCUT2D eigenvalue weighted by Crippen LogP contribution is -2.31. The molecule has 0 aliphatic carbocycles. The van der Waals surface area contributed by atoms with Gasteiger partial charge in [-0.05, 0) is 72.4 Å². The number of nitrogens with one attached hydrogen (secondary N) is 2. The summed E-state index contributed by atoms with van der Waals surface area (Å²) >= 11 is 11.8. The Hall–Kier alpha value is -4.38. The molecule has 2 heterocycles. The number of hydrogen-bond acceptors (Lipinski definition) is 16. The van der Waals surface area contributed by atoms with E-state index < -0.39 is 73.1 Å². The second kappa shape index (κ2) is 15.3. The van der Waals surface area contributed by atoms with E-state index in [0.29, 0.717) is 8.61 Å². The van der Waals surface area contributed by atoms with Crippen LogP contribution in [-0.4, -0.2) is 94.9 Å². The maximum atomic E-state index is 12.3. The van der Waals surface area contributed by atoms with Crippen LogP contribution in [0.2, 0.25) is 10.6 Å². The standard InChI is InChI=1S/C24H24Cl2N10O12S4/c1-3-35(51(43,44)45)23-31-19(25)29-21(33-23)27-15-9-7-13(17(11-15)49(37,38)39)5-6-14-8-10-16(12-18(14)50(40,41)42)28-22-30-20(26)32-24(34-22)36(4-2)52(46,47)48/h5-12H,3-4H2,1-2H3,(H,37,38,39)(H,40,41,42)(H,43,44,45)(H,46,47,48)(H,27,29,31,33)(H,28,30,32,34). The summed E-state index contributed by atoms with van der Waals surface area (Å²) in [4.78, 5) is 21.2. The van der Waals surface area contributed by atoms with Crippen molar-refractivity contribution in [2.45, 2.75) is 23.6 Å². The predicted molar refractivity (Wildman–Crippen MR) is 187 cm³/mol. The van der Waals surface area contributed by atoms with Crippen LogP contribution >= 0.6 is 23.2 Å². The summed E-state index contributed by atoms with van der Waals surface area (Å²) in [6.45, 7) is 2.15. The van der Waals surface area contributed by atoms with Crippen molar-refractivity contribution >= 4 is 111 Å². The Morgan fingerprint density at radius 1 is 0.596 bits per heavy atom. The van der Waals surface area contributed by atoms with E-state index in [1.54, 1.807) is 0 Å². The molecule has 6 N–H and O–H groups in total. The SMILES string of the molecule is CCN(c1nc(Cl)nc(Nc2ccc(C=Cc3ccc(Nc4nc(Cl)nc(N(CC)S(=O)(=O)O)n4)cc3S(=O)(=O)O)c(S(=O)(=O)O)c2)n1)S(=O)(=O)O. The van der Waals surface area contributed by atoms with Crippen molar-refractivity contribution < 1.29 is 51.9 Å². The van der Waals surface area contributed by atoms with Crippen LogP contribution in [0.3, 0.4) is 0 Å². The van der Waals surface area contributed by atoms with E-state index in [0.717, 1.165) is 24.3 Å². The molecule has 0 spiro atoms. The fourth-order valence-corrected chi connectivity index (χ4v) is 7.17. The van der Waals surface area contributed by atoms with Crippen molar-refractivity contribution in [3.63, 3.8) is 0 Å². The molecule has 0 atom stereocenters. The maximum Gasteiger partial charge on any atom is 0.362 e. The quantitative estimate of drug-likeness (QED) is 0.0785. The largest absolute Gasteiger partial charge is 0.362 e. The molecule has 2 aromatic carbocycles. The number of aromatic nitrogens is 6. The van der Waals surface area contributed by atoms with Crippen LogP contribution in [0.4, 0.5) is 35.2 Å². The van der Waals surface area contributed by atoms with Gasteiger partial charge in [0.1, 0.15) is 9.79 Å². The monoisotopic (exact) mass is 842 g/mol. The van der Waals surface area contributed by atoms with Crippen molar-refractivity contribution in [2.24, 2.45) is 0 Å². The molecule has 0 aliphatic rings. The number of halogens is 2. The highest BCUT2D eigenvalue weighted by Crippen LogP contribution is 2.29. The van der Waals surface area contributed by atoms with Gasteiger partial charge in [0.2, 0.25) is 34.4 Å². The summed E-state index contributed by atoms with van der Waals surface area (Å²) in [7, 11) is -19.5. The molecule has 0 saturated carbocycles. The van der Waals surface area contributed by atoms with Gasteiger partial charge in [0.05, 0.1) is 0 Å². The van der Waals surface area contributed by atoms with Gasteiger partial charge in [-0.1, -0.05) is 24.3 Å². The van der Waals surface area contributed by atoms with Crippen molar-refractivity contribution in [2.75, 3.05) is 32.3 Å². The second-order valence-corrected chi connectivity index (χ2v) is 15.9. The molecule has 4 rings (SSSR count). The fraction of sp³-hybridized carbons (Fsp3) is 0.167. The summed E-state index contributed by atoms with van der Waals surface area (Å²) < 4.78 is 136. The Morgan fingerprint density at radius 3 is 1.23 bits per heavy atom. The van der Waals surface area contributed by atoms with Crippen LogP contribution in [0.15, 0.2) is 46.2 Å². The highest BCUT2D eigenvalue weighted by atomic mass is 35.5. The van der Waals surface area contributed by atoms with Gasteiger partial charge in [-0.15, -0.1) is 0 Å². The van der Waals surface area contributed by atoms with E-state index in [2.05, 4.69) is 40.5 Å². The van der Waals surface area contributed by atoms with Gasteiger partial charge in [0.15, 0.2) is 0 Å². The minimum Gasteiger partial charge on any atom is -0.324 e. The molecule has 0 aliphatic heterocycles. The number of benzene rings is 2. The first-order valence-electron chi connectivity index (χ1n) is 13.8. The van der Waals surface area contributed by atoms with Gasteiger partial charge < -0.3 is 10.6 Å². The molecule has 28 heteroatoms. The van der Waals surface area contributed by atoms with Crippen molar-refractivity contribution in [1.29, 1.82) is 0 Å². The molecule has 280 valence electrons. The lowest BCUT2D eigenvalue weighted by atomic mass is 10.1. The van der Waals surface area contributed by atoms with E-state index in [4.69, 9.17) is 23.2 Å². The minimum atomic E-state index is -4.97. The molecular weight excluding hydrogens is 819 g/mol. The van der Waals surface area contributed by atoms with Crippen LogP contribution in [0.5, 0.6) is 0 Å². The van der Waals surface area contributed by atoms with Crippen LogP contribution in [-0.2, 0) is 40.8 Å². The van der Waals surface area contributed by atoms with Crippen molar-refractivity contribution in [3.8, 4) is 0 Å². The third-order valence-electron chi connectivity index (χ3n) is 6.31. The first-order valence-corrected chi connectivity index (χ1v) is 20.2. The number of anilines is 6. The summed E-state index contributed by atoms with van der Waals surface area (Å²) in [5, 5.41) is 4.15. The molecule has 22 nitrogen and oxygen atoms in total. The Kier molecular flexibility index (Phi) is 11.9. The third-order valence-corrected chi connectivity index (χ3v) is 10.4. The molecule has 52 heavy (non-hydrogen) atoms. The van der Waals surface area contributed by atoms with Crippen LogP contribution < -0.4 is 19.2 Å². The van der Waals surface area contributed by atoms with Crippen LogP contribution in [0.25, 0.3) is 12.2 Å². The van der Waals surface area contributed by atoms with Gasteiger partial charge >= 0.3 is 20.6 Å². The van der Waals surface area contributed by atoms with E-state index in [1.165, 1.54) is 38.1 Å². The zero-order chi connectivity index (χ0) is 38.8. The predicted octanol–water partition coefficient (Wildman–Crippen LogP) is 2.77. The summed E-state index contributed by atoms with van der Waals surface area (Å²) in [5.74, 6) is -1.91. The summed E-state index contributed by atoms with van der Waals surface area (Å²) in [6, 6.07) is 6.77. The lowest BCUT2D eigenvalue weighted by molar-refractivity contribution is 0.475. The topological polar surface area (TPSA) is 325 Å². The van der Waals surface area contributed by atoms with Gasteiger partial charge in [0, 0.05) is 24.5 Å². The maximum absolute atomic E-state index is 12.3. The van der Waals surface area contributed by atoms with E-state index in [1.807, 2.05) is 0 Å². The second-order valence-electron chi connectivity index (χ2n) is 9.78. The molecule has 0 fully saturated rings. The van der Waals surface area contributed by atoms with E-state index in [-0.39, 0.29) is 47.5 Å². The van der Waals surface area contributed by atoms with E-state index in [9.17, 15) is 51.9 Å².